The molecule has 0 fully saturated rings. The van der Waals surface area contributed by atoms with Crippen molar-refractivity contribution in [3.05, 3.63) is 58.5 Å². The van der Waals surface area contributed by atoms with E-state index in [1.54, 1.807) is 0 Å². The van der Waals surface area contributed by atoms with Crippen LogP contribution in [0.5, 0.6) is 0 Å². The average Bonchev–Trinajstić information content (AvgIpc) is 3.29. The van der Waals surface area contributed by atoms with Gasteiger partial charge in [0.15, 0.2) is 10.7 Å². The van der Waals surface area contributed by atoms with Crippen LogP contribution in [0.3, 0.4) is 0 Å². The molecule has 0 radical (unpaired) electrons. The van der Waals surface area contributed by atoms with Crippen molar-refractivity contribution < 1.29 is 9.21 Å². The molecule has 5 nitrogen and oxygen atoms in total. The number of nitrogens with zero attached hydrogens (tertiary/aromatic N) is 2. The van der Waals surface area contributed by atoms with Crippen molar-refractivity contribution in [3.8, 4) is 11.3 Å². The number of carbonyl (C=O) groups excluding carboxylic acids is 1. The maximum atomic E-state index is 12.3. The second-order valence-corrected chi connectivity index (χ2v) is 8.36. The van der Waals surface area contributed by atoms with Crippen molar-refractivity contribution in [2.24, 2.45) is 0 Å². The number of thioether (sulfide) groups is 1. The molecule has 0 saturated carbocycles. The number of rotatable bonds is 5. The molecular weight excluding hydrogens is 390 g/mol. The minimum absolute atomic E-state index is 0.134. The van der Waals surface area contributed by atoms with Crippen LogP contribution in [0.4, 0.5) is 5.13 Å². The lowest BCUT2D eigenvalue weighted by molar-refractivity contribution is -0.113. The van der Waals surface area contributed by atoms with Gasteiger partial charge in [0.05, 0.1) is 11.4 Å². The Morgan fingerprint density at radius 3 is 2.71 bits per heavy atom. The number of hydrogen-bond donors (Lipinski definition) is 1. The van der Waals surface area contributed by atoms with Gasteiger partial charge in [0.2, 0.25) is 5.91 Å². The molecule has 0 saturated heterocycles. The topological polar surface area (TPSA) is 68.0 Å². The second-order valence-electron chi connectivity index (χ2n) is 6.57. The molecule has 0 spiro atoms. The minimum Gasteiger partial charge on any atom is -0.431 e. The van der Waals surface area contributed by atoms with Gasteiger partial charge in [-0.1, -0.05) is 30.0 Å². The maximum Gasteiger partial charge on any atom is 0.257 e. The molecule has 2 heterocycles. The summed E-state index contributed by atoms with van der Waals surface area (Å²) in [5, 5.41) is 5.91. The van der Waals surface area contributed by atoms with Crippen molar-refractivity contribution in [2.45, 2.75) is 26.0 Å². The van der Waals surface area contributed by atoms with E-state index in [4.69, 9.17) is 4.42 Å². The van der Waals surface area contributed by atoms with E-state index in [1.165, 1.54) is 39.8 Å². The molecule has 0 aliphatic rings. The number of anilines is 1. The van der Waals surface area contributed by atoms with Crippen LogP contribution in [0.25, 0.3) is 22.4 Å². The van der Waals surface area contributed by atoms with Crippen molar-refractivity contribution in [1.29, 1.82) is 0 Å². The molecule has 28 heavy (non-hydrogen) atoms. The molecule has 1 amide bonds. The lowest BCUT2D eigenvalue weighted by Gasteiger charge is -2.07. The number of fused-ring (bicyclic) bond motifs is 1. The lowest BCUT2D eigenvalue weighted by Crippen LogP contribution is -2.13. The van der Waals surface area contributed by atoms with Gasteiger partial charge in [0, 0.05) is 10.9 Å². The first-order valence-electron chi connectivity index (χ1n) is 8.81. The normalized spacial score (nSPS) is 11.1. The van der Waals surface area contributed by atoms with Crippen LogP contribution in [0.2, 0.25) is 0 Å². The largest absolute Gasteiger partial charge is 0.431 e. The summed E-state index contributed by atoms with van der Waals surface area (Å²) in [6.07, 6.45) is 0. The quantitative estimate of drug-likeness (QED) is 0.434. The molecule has 0 bridgehead atoms. The molecule has 0 aliphatic heterocycles. The van der Waals surface area contributed by atoms with Crippen molar-refractivity contribution in [1.82, 2.24) is 9.97 Å². The van der Waals surface area contributed by atoms with Gasteiger partial charge >= 0.3 is 0 Å². The zero-order valence-corrected chi connectivity index (χ0v) is 17.4. The Balaban J connectivity index is 1.41. The van der Waals surface area contributed by atoms with E-state index in [9.17, 15) is 4.79 Å². The van der Waals surface area contributed by atoms with Crippen LogP contribution in [0, 0.1) is 20.8 Å². The summed E-state index contributed by atoms with van der Waals surface area (Å²) in [6.45, 7) is 6.28. The number of carbonyl (C=O) groups is 1. The zero-order valence-electron chi connectivity index (χ0n) is 15.8. The summed E-state index contributed by atoms with van der Waals surface area (Å²) in [5.41, 5.74) is 7.17. The summed E-state index contributed by atoms with van der Waals surface area (Å²) in [4.78, 5) is 21.2. The molecule has 0 unspecified atom stereocenters. The maximum absolute atomic E-state index is 12.3. The summed E-state index contributed by atoms with van der Waals surface area (Å²) in [7, 11) is 0. The highest BCUT2D eigenvalue weighted by Gasteiger charge is 2.13. The third-order valence-corrected chi connectivity index (χ3v) is 6.05. The highest BCUT2D eigenvalue weighted by atomic mass is 32.2. The third-order valence-electron chi connectivity index (χ3n) is 4.47. The number of benzene rings is 2. The van der Waals surface area contributed by atoms with Crippen LogP contribution < -0.4 is 5.32 Å². The summed E-state index contributed by atoms with van der Waals surface area (Å²) < 4.78 is 5.62. The first-order chi connectivity index (χ1) is 13.5. The number of thiazole rings is 1. The van der Waals surface area contributed by atoms with Crippen LogP contribution in [0.1, 0.15) is 16.7 Å². The Bertz CT molecular complexity index is 1130. The molecule has 4 rings (SSSR count). The van der Waals surface area contributed by atoms with Crippen LogP contribution >= 0.6 is 23.1 Å². The van der Waals surface area contributed by atoms with E-state index < -0.39 is 0 Å². The van der Waals surface area contributed by atoms with Gasteiger partial charge in [-0.3, -0.25) is 4.79 Å². The van der Waals surface area contributed by atoms with Gasteiger partial charge in [-0.25, -0.2) is 9.97 Å². The third kappa shape index (κ3) is 3.95. The summed E-state index contributed by atoms with van der Waals surface area (Å²) in [6, 6.07) is 11.9. The van der Waals surface area contributed by atoms with Gasteiger partial charge in [-0.05, 0) is 55.7 Å². The fourth-order valence-corrected chi connectivity index (χ4v) is 4.25. The molecule has 4 aromatic rings. The van der Waals surface area contributed by atoms with Gasteiger partial charge in [-0.2, -0.15) is 0 Å². The van der Waals surface area contributed by atoms with Crippen molar-refractivity contribution in [2.75, 3.05) is 11.1 Å². The SMILES string of the molecule is Cc1cc(C)c(-c2csc(NC(=O)CSc3nc4ccccc4o3)n2)cc1C. The molecular formula is C21H19N3O2S2. The number of amides is 1. The van der Waals surface area contributed by atoms with E-state index in [1.807, 2.05) is 29.6 Å². The number of hydrogen-bond acceptors (Lipinski definition) is 6. The van der Waals surface area contributed by atoms with Gasteiger partial charge in [-0.15, -0.1) is 11.3 Å². The number of para-hydroxylation sites is 2. The number of aromatic nitrogens is 2. The van der Waals surface area contributed by atoms with E-state index in [0.717, 1.165) is 22.4 Å². The molecule has 0 aliphatic carbocycles. The van der Waals surface area contributed by atoms with Crippen LogP contribution in [-0.4, -0.2) is 21.6 Å². The number of nitrogens with one attached hydrogen (secondary N) is 1. The van der Waals surface area contributed by atoms with E-state index in [0.29, 0.717) is 10.4 Å². The molecule has 7 heteroatoms. The zero-order chi connectivity index (χ0) is 19.7. The fraction of sp³-hybridized carbons (Fsp3) is 0.190. The van der Waals surface area contributed by atoms with Crippen molar-refractivity contribution in [3.63, 3.8) is 0 Å². The monoisotopic (exact) mass is 409 g/mol. The Labute approximate surface area is 171 Å². The lowest BCUT2D eigenvalue weighted by atomic mass is 9.99. The molecule has 142 valence electrons. The highest BCUT2D eigenvalue weighted by molar-refractivity contribution is 7.99. The Morgan fingerprint density at radius 1 is 1.11 bits per heavy atom. The summed E-state index contributed by atoms with van der Waals surface area (Å²) >= 11 is 2.70. The molecule has 2 aromatic heterocycles. The standard InChI is InChI=1S/C21H19N3O2S2/c1-12-8-14(3)15(9-13(12)2)17-10-27-20(22-17)24-19(25)11-28-21-23-16-6-4-5-7-18(16)26-21/h4-10H,11H2,1-3H3,(H,22,24,25). The van der Waals surface area contributed by atoms with Gasteiger partial charge in [0.25, 0.3) is 5.22 Å². The summed E-state index contributed by atoms with van der Waals surface area (Å²) in [5.74, 6) is 0.0784. The Kier molecular flexibility index (Phi) is 5.19. The second kappa shape index (κ2) is 7.77. The first kappa shape index (κ1) is 18.7. The highest BCUT2D eigenvalue weighted by Crippen LogP contribution is 2.30. The van der Waals surface area contributed by atoms with E-state index in [2.05, 4.69) is 48.2 Å². The number of aryl methyl sites for hydroxylation is 3. The number of oxazole rings is 1. The van der Waals surface area contributed by atoms with E-state index in [-0.39, 0.29) is 11.7 Å². The van der Waals surface area contributed by atoms with Gasteiger partial charge in [0.1, 0.15) is 5.52 Å². The predicted molar refractivity (Wildman–Crippen MR) is 115 cm³/mol. The molecule has 0 atom stereocenters. The Hall–Kier alpha value is -2.64. The fourth-order valence-electron chi connectivity index (χ4n) is 2.89. The smallest absolute Gasteiger partial charge is 0.257 e. The van der Waals surface area contributed by atoms with Crippen LogP contribution in [-0.2, 0) is 4.79 Å². The molecule has 1 N–H and O–H groups in total. The Morgan fingerprint density at radius 2 is 1.89 bits per heavy atom. The molecule has 2 aromatic carbocycles. The average molecular weight is 410 g/mol. The van der Waals surface area contributed by atoms with Crippen LogP contribution in [0.15, 0.2) is 51.4 Å². The van der Waals surface area contributed by atoms with E-state index >= 15 is 0 Å². The first-order valence-corrected chi connectivity index (χ1v) is 10.7. The van der Waals surface area contributed by atoms with Gasteiger partial charge < -0.3 is 9.73 Å². The predicted octanol–water partition coefficient (Wildman–Crippen LogP) is 5.61. The van der Waals surface area contributed by atoms with Crippen molar-refractivity contribution >= 4 is 45.2 Å². The minimum atomic E-state index is -0.134.